The molecule has 2 fully saturated rings. The second kappa shape index (κ2) is 13.4. The van der Waals surface area contributed by atoms with Crippen LogP contribution in [0.25, 0.3) is 22.0 Å². The number of Topliss-reactive ketones (excluding diaryl/α,β-unsaturated/α-hetero) is 2. The number of amides is 2. The monoisotopic (exact) mass is 716 g/mol. The number of carbonyl (C=O) groups excluding carboxylic acids is 4. The van der Waals surface area contributed by atoms with Crippen molar-refractivity contribution in [2.75, 3.05) is 13.6 Å². The molecule has 0 radical (unpaired) electrons. The first-order valence-corrected chi connectivity index (χ1v) is 17.4. The van der Waals surface area contributed by atoms with Gasteiger partial charge in [0.25, 0.3) is 0 Å². The van der Waals surface area contributed by atoms with Crippen LogP contribution in [0.15, 0.2) is 48.9 Å². The van der Waals surface area contributed by atoms with Gasteiger partial charge in [0, 0.05) is 67.9 Å². The van der Waals surface area contributed by atoms with Gasteiger partial charge in [-0.15, -0.1) is 0 Å². The SMILES string of the molecule is CC(=O)c1nn2c3c(cc(-c4cnc(C)nc4)cc13)CC=CCCCC(=O)N(C)C[C@@]13C[C@@H](C(=O)Cc4ccn(CC(F)(F)F)n4)N(C(=O)C2)[C@@H]1C3. The zero-order valence-corrected chi connectivity index (χ0v) is 29.2. The molecule has 0 unspecified atom stereocenters. The van der Waals surface area contributed by atoms with E-state index in [1.165, 1.54) is 19.2 Å². The number of allylic oxidation sites excluding steroid dienone is 2. The number of piperidine rings is 1. The topological polar surface area (TPSA) is 136 Å². The number of hydrogen-bond acceptors (Lipinski definition) is 8. The van der Waals surface area contributed by atoms with Gasteiger partial charge in [0.1, 0.15) is 24.6 Å². The van der Waals surface area contributed by atoms with Crippen LogP contribution in [0.2, 0.25) is 0 Å². The quantitative estimate of drug-likeness (QED) is 0.208. The number of halogens is 3. The van der Waals surface area contributed by atoms with E-state index in [4.69, 9.17) is 0 Å². The maximum Gasteiger partial charge on any atom is 0.408 e. The van der Waals surface area contributed by atoms with E-state index in [1.54, 1.807) is 40.8 Å². The first-order valence-electron chi connectivity index (χ1n) is 17.4. The van der Waals surface area contributed by atoms with Crippen LogP contribution in [0.1, 0.15) is 66.6 Å². The third-order valence-electron chi connectivity index (χ3n) is 10.4. The lowest BCUT2D eigenvalue weighted by Gasteiger charge is -2.27. The summed E-state index contributed by atoms with van der Waals surface area (Å²) in [4.78, 5) is 66.5. The van der Waals surface area contributed by atoms with Crippen molar-refractivity contribution < 1.29 is 32.3 Å². The van der Waals surface area contributed by atoms with Gasteiger partial charge in [-0.1, -0.05) is 12.2 Å². The highest BCUT2D eigenvalue weighted by Crippen LogP contribution is 2.60. The molecule has 3 aliphatic rings. The summed E-state index contributed by atoms with van der Waals surface area (Å²) in [6.07, 6.45) is 6.98. The van der Waals surface area contributed by atoms with Crippen molar-refractivity contribution in [1.82, 2.24) is 39.3 Å². The second-order valence-electron chi connectivity index (χ2n) is 14.3. The molecule has 3 atom stereocenters. The van der Waals surface area contributed by atoms with Gasteiger partial charge in [0.15, 0.2) is 11.6 Å². The maximum atomic E-state index is 14.4. The average Bonchev–Trinajstić information content (AvgIpc) is 3.34. The molecule has 2 bridgehead atoms. The zero-order chi connectivity index (χ0) is 36.9. The molecule has 0 spiro atoms. The van der Waals surface area contributed by atoms with E-state index < -0.39 is 24.2 Å². The highest BCUT2D eigenvalue weighted by Gasteiger charge is 2.67. The Morgan fingerprint density at radius 3 is 2.52 bits per heavy atom. The lowest BCUT2D eigenvalue weighted by Crippen LogP contribution is -2.45. The molecular weight excluding hydrogens is 677 g/mol. The molecule has 4 aromatic rings. The van der Waals surface area contributed by atoms with Crippen molar-refractivity contribution in [1.29, 1.82) is 0 Å². The standard InChI is InChI=1S/C37H39F3N8O4/c1-22(49)34-28-13-25(26-17-41-23(2)42-18-26)12-24-8-6-4-5-7-9-32(51)45(3)20-36-15-29(30(50)14-27-10-11-46(43-27)21-37(38,39)40)48(31(36)16-36)33(52)19-47(44-34)35(24)28/h4,6,10-13,17-18,29,31H,5,7-9,14-16,19-21H2,1-3H3/t29-,31+,36-/m0/s1. The van der Waals surface area contributed by atoms with Gasteiger partial charge in [-0.05, 0) is 68.4 Å². The summed E-state index contributed by atoms with van der Waals surface area (Å²) in [6, 6.07) is 4.03. The molecule has 1 aliphatic carbocycles. The molecule has 2 aliphatic heterocycles. The third-order valence-corrected chi connectivity index (χ3v) is 10.4. The molecule has 272 valence electrons. The zero-order valence-electron chi connectivity index (χ0n) is 29.2. The van der Waals surface area contributed by atoms with Gasteiger partial charge in [-0.2, -0.15) is 23.4 Å². The number of ketones is 2. The van der Waals surface area contributed by atoms with Gasteiger partial charge < -0.3 is 9.80 Å². The Labute approximate surface area is 297 Å². The lowest BCUT2D eigenvalue weighted by atomic mass is 9.94. The fourth-order valence-corrected chi connectivity index (χ4v) is 7.86. The van der Waals surface area contributed by atoms with Crippen LogP contribution in [0.5, 0.6) is 0 Å². The second-order valence-corrected chi connectivity index (χ2v) is 14.3. The lowest BCUT2D eigenvalue weighted by molar-refractivity contribution is -0.142. The van der Waals surface area contributed by atoms with E-state index in [0.717, 1.165) is 21.4 Å². The van der Waals surface area contributed by atoms with Crippen LogP contribution < -0.4 is 0 Å². The predicted molar refractivity (Wildman–Crippen MR) is 183 cm³/mol. The third kappa shape index (κ3) is 7.00. The molecule has 1 aromatic carbocycles. The fraction of sp³-hybridized carbons (Fsp3) is 0.459. The van der Waals surface area contributed by atoms with E-state index in [2.05, 4.69) is 20.2 Å². The molecule has 52 heavy (non-hydrogen) atoms. The van der Waals surface area contributed by atoms with Crippen LogP contribution in [0, 0.1) is 12.3 Å². The van der Waals surface area contributed by atoms with Crippen LogP contribution in [0.4, 0.5) is 13.2 Å². The van der Waals surface area contributed by atoms with Gasteiger partial charge >= 0.3 is 6.18 Å². The first kappa shape index (κ1) is 35.2. The Balaban J connectivity index is 1.27. The summed E-state index contributed by atoms with van der Waals surface area (Å²) in [5.74, 6) is -0.393. The molecule has 5 heterocycles. The molecule has 1 saturated carbocycles. The smallest absolute Gasteiger partial charge is 0.345 e. The number of benzene rings is 1. The van der Waals surface area contributed by atoms with Crippen molar-refractivity contribution in [3.8, 4) is 11.1 Å². The Morgan fingerprint density at radius 1 is 1.02 bits per heavy atom. The number of rotatable bonds is 6. The molecular formula is C37H39F3N8O4. The van der Waals surface area contributed by atoms with Crippen molar-refractivity contribution in [2.45, 2.75) is 90.1 Å². The number of carbonyl (C=O) groups is 4. The normalized spacial score (nSPS) is 22.5. The summed E-state index contributed by atoms with van der Waals surface area (Å²) in [6.45, 7) is 2.06. The van der Waals surface area contributed by atoms with Crippen LogP contribution in [0.3, 0.4) is 0 Å². The van der Waals surface area contributed by atoms with Crippen molar-refractivity contribution in [3.63, 3.8) is 0 Å². The van der Waals surface area contributed by atoms with Crippen LogP contribution in [-0.2, 0) is 40.3 Å². The molecule has 7 rings (SSSR count). The molecule has 3 aromatic heterocycles. The maximum absolute atomic E-state index is 14.4. The van der Waals surface area contributed by atoms with Gasteiger partial charge in [-0.3, -0.25) is 28.5 Å². The summed E-state index contributed by atoms with van der Waals surface area (Å²) < 4.78 is 41.2. The molecule has 15 heteroatoms. The minimum Gasteiger partial charge on any atom is -0.345 e. The van der Waals surface area contributed by atoms with Crippen LogP contribution in [-0.4, -0.2) is 94.6 Å². The highest BCUT2D eigenvalue weighted by atomic mass is 19.4. The number of hydrogen-bond donors (Lipinski definition) is 0. The van der Waals surface area contributed by atoms with E-state index >= 15 is 0 Å². The Morgan fingerprint density at radius 2 is 1.79 bits per heavy atom. The summed E-state index contributed by atoms with van der Waals surface area (Å²) in [5, 5.41) is 9.21. The van der Waals surface area contributed by atoms with Crippen molar-refractivity contribution in [3.05, 3.63) is 71.7 Å². The van der Waals surface area contributed by atoms with Gasteiger partial charge in [-0.25, -0.2) is 9.97 Å². The Bertz CT molecular complexity index is 2100. The molecule has 12 nitrogen and oxygen atoms in total. The number of nitrogens with zero attached hydrogens (tertiary/aromatic N) is 8. The van der Waals surface area contributed by atoms with Gasteiger partial charge in [0.05, 0.1) is 23.7 Å². The summed E-state index contributed by atoms with van der Waals surface area (Å²) in [5.41, 5.74) is 2.88. The summed E-state index contributed by atoms with van der Waals surface area (Å²) >= 11 is 0. The number of aryl methyl sites for hydroxylation is 1. The minimum absolute atomic E-state index is 0.0211. The number of alkyl halides is 3. The van der Waals surface area contributed by atoms with E-state index in [0.29, 0.717) is 61.8 Å². The summed E-state index contributed by atoms with van der Waals surface area (Å²) in [7, 11) is 1.74. The molecule has 0 N–H and O–H groups in total. The highest BCUT2D eigenvalue weighted by molar-refractivity contribution is 6.07. The molecule has 1 saturated heterocycles. The average molecular weight is 717 g/mol. The predicted octanol–water partition coefficient (Wildman–Crippen LogP) is 4.68. The van der Waals surface area contributed by atoms with Crippen molar-refractivity contribution >= 4 is 34.3 Å². The van der Waals surface area contributed by atoms with E-state index in [9.17, 15) is 32.3 Å². The van der Waals surface area contributed by atoms with E-state index in [-0.39, 0.29) is 53.8 Å². The van der Waals surface area contributed by atoms with Gasteiger partial charge in [0.2, 0.25) is 11.8 Å². The van der Waals surface area contributed by atoms with E-state index in [1.807, 2.05) is 24.3 Å². The van der Waals surface area contributed by atoms with Crippen LogP contribution >= 0.6 is 0 Å². The number of aromatic nitrogens is 6. The minimum atomic E-state index is -4.47. The fourth-order valence-electron chi connectivity index (χ4n) is 7.86. The Hall–Kier alpha value is -5.21. The van der Waals surface area contributed by atoms with Crippen molar-refractivity contribution in [2.24, 2.45) is 5.41 Å². The first-order chi connectivity index (χ1) is 24.7. The molecule has 2 amide bonds. The Kier molecular flexibility index (Phi) is 9.07. The largest absolute Gasteiger partial charge is 0.408 e.